The van der Waals surface area contributed by atoms with Gasteiger partial charge in [-0.3, -0.25) is 0 Å². The Hall–Kier alpha value is -0.180. The van der Waals surface area contributed by atoms with Gasteiger partial charge in [-0.2, -0.15) is 0 Å². The van der Waals surface area contributed by atoms with E-state index in [-0.39, 0.29) is 12.8 Å². The van der Waals surface area contributed by atoms with Crippen molar-refractivity contribution in [3.05, 3.63) is 0 Å². The highest BCUT2D eigenvalue weighted by molar-refractivity contribution is 5.04. The van der Waals surface area contributed by atoms with Gasteiger partial charge in [-0.05, 0) is 12.3 Å². The molecule has 0 spiro atoms. The Bertz CT molecular complexity index is 189. The Morgan fingerprint density at radius 2 is 1.69 bits per heavy atom. The summed E-state index contributed by atoms with van der Waals surface area (Å²) in [6.45, 7) is 0. The summed E-state index contributed by atoms with van der Waals surface area (Å²) in [6.07, 6.45) is 5.57. The summed E-state index contributed by atoms with van der Waals surface area (Å²) < 4.78 is 25.3. The van der Waals surface area contributed by atoms with Gasteiger partial charge in [0.15, 0.2) is 0 Å². The molecule has 0 aromatic rings. The highest BCUT2D eigenvalue weighted by atomic mass is 19.3. The summed E-state index contributed by atoms with van der Waals surface area (Å²) in [6, 6.07) is 0. The van der Waals surface area contributed by atoms with E-state index >= 15 is 0 Å². The van der Waals surface area contributed by atoms with Gasteiger partial charge in [0.1, 0.15) is 0 Å². The van der Waals surface area contributed by atoms with Crippen LogP contribution in [0.25, 0.3) is 0 Å². The summed E-state index contributed by atoms with van der Waals surface area (Å²) in [5, 5.41) is 0. The highest BCUT2D eigenvalue weighted by Crippen LogP contribution is 2.48. The summed E-state index contributed by atoms with van der Waals surface area (Å²) in [5.41, 5.74) is 5.35. The molecule has 3 heteroatoms. The maximum absolute atomic E-state index is 12.6. The minimum Gasteiger partial charge on any atom is -0.325 e. The highest BCUT2D eigenvalue weighted by Gasteiger charge is 2.54. The van der Waals surface area contributed by atoms with Crippen molar-refractivity contribution in [2.75, 3.05) is 0 Å². The van der Waals surface area contributed by atoms with Gasteiger partial charge in [0.25, 0.3) is 5.92 Å². The number of rotatable bonds is 2. The lowest BCUT2D eigenvalue weighted by atomic mass is 9.69. The molecule has 0 unspecified atom stereocenters. The fourth-order valence-corrected chi connectivity index (χ4v) is 2.91. The average molecular weight is 189 g/mol. The first-order chi connectivity index (χ1) is 5.99. The molecule has 0 heterocycles. The molecule has 0 amide bonds. The van der Waals surface area contributed by atoms with Crippen LogP contribution in [0.15, 0.2) is 0 Å². The quantitative estimate of drug-likeness (QED) is 0.710. The van der Waals surface area contributed by atoms with E-state index in [1.165, 1.54) is 25.7 Å². The zero-order chi connectivity index (χ0) is 9.53. The molecule has 0 atom stereocenters. The molecular formula is C10H17F2N. The molecule has 2 aliphatic carbocycles. The largest absolute Gasteiger partial charge is 0.325 e. The van der Waals surface area contributed by atoms with Crippen molar-refractivity contribution in [2.24, 2.45) is 11.7 Å². The van der Waals surface area contributed by atoms with Crippen molar-refractivity contribution >= 4 is 0 Å². The Morgan fingerprint density at radius 1 is 1.15 bits per heavy atom. The van der Waals surface area contributed by atoms with Gasteiger partial charge in [-0.15, -0.1) is 0 Å². The van der Waals surface area contributed by atoms with E-state index in [9.17, 15) is 8.78 Å². The molecule has 2 saturated carbocycles. The Balaban J connectivity index is 1.82. The predicted molar refractivity (Wildman–Crippen MR) is 47.7 cm³/mol. The van der Waals surface area contributed by atoms with Crippen LogP contribution in [0.2, 0.25) is 0 Å². The third-order valence-electron chi connectivity index (χ3n) is 3.39. The van der Waals surface area contributed by atoms with Crippen LogP contribution in [0, 0.1) is 5.92 Å². The lowest BCUT2D eigenvalue weighted by Gasteiger charge is -2.45. The van der Waals surface area contributed by atoms with Crippen LogP contribution in [0.5, 0.6) is 0 Å². The maximum Gasteiger partial charge on any atom is 0.251 e. The van der Waals surface area contributed by atoms with E-state index in [1.54, 1.807) is 0 Å². The molecule has 1 nitrogen and oxygen atoms in total. The smallest absolute Gasteiger partial charge is 0.251 e. The van der Waals surface area contributed by atoms with Gasteiger partial charge in [-0.25, -0.2) is 8.78 Å². The van der Waals surface area contributed by atoms with Gasteiger partial charge in [0.2, 0.25) is 0 Å². The standard InChI is InChI=1S/C10H17F2N/c11-10(12)6-9(13,7-10)5-8-3-1-2-4-8/h8H,1-7,13H2. The van der Waals surface area contributed by atoms with Crippen molar-refractivity contribution in [3.63, 3.8) is 0 Å². The zero-order valence-corrected chi connectivity index (χ0v) is 7.86. The van der Waals surface area contributed by atoms with Crippen molar-refractivity contribution in [2.45, 2.75) is 56.4 Å². The van der Waals surface area contributed by atoms with Crippen molar-refractivity contribution in [1.29, 1.82) is 0 Å². The second-order valence-electron chi connectivity index (χ2n) is 4.93. The lowest BCUT2D eigenvalue weighted by molar-refractivity contribution is -0.127. The Morgan fingerprint density at radius 3 is 2.15 bits per heavy atom. The van der Waals surface area contributed by atoms with Crippen LogP contribution >= 0.6 is 0 Å². The molecule has 0 aromatic heterocycles. The maximum atomic E-state index is 12.6. The van der Waals surface area contributed by atoms with Crippen LogP contribution in [0.4, 0.5) is 8.78 Å². The number of hydrogen-bond acceptors (Lipinski definition) is 1. The van der Waals surface area contributed by atoms with Crippen LogP contribution in [0.3, 0.4) is 0 Å². The first-order valence-electron chi connectivity index (χ1n) is 5.16. The summed E-state index contributed by atoms with van der Waals surface area (Å²) >= 11 is 0. The van der Waals surface area contributed by atoms with E-state index in [2.05, 4.69) is 0 Å². The van der Waals surface area contributed by atoms with Crippen LogP contribution in [0.1, 0.15) is 44.9 Å². The summed E-state index contributed by atoms with van der Waals surface area (Å²) in [4.78, 5) is 0. The topological polar surface area (TPSA) is 26.0 Å². The lowest BCUT2D eigenvalue weighted by Crippen LogP contribution is -2.58. The molecule has 0 aromatic carbocycles. The van der Waals surface area contributed by atoms with Crippen molar-refractivity contribution < 1.29 is 8.78 Å². The molecule has 0 saturated heterocycles. The Labute approximate surface area is 77.7 Å². The van der Waals surface area contributed by atoms with E-state index < -0.39 is 11.5 Å². The van der Waals surface area contributed by atoms with E-state index in [1.807, 2.05) is 0 Å². The fraction of sp³-hybridized carbons (Fsp3) is 1.00. The van der Waals surface area contributed by atoms with Crippen LogP contribution in [-0.4, -0.2) is 11.5 Å². The molecule has 2 fully saturated rings. The van der Waals surface area contributed by atoms with Gasteiger partial charge in [-0.1, -0.05) is 25.7 Å². The number of alkyl halides is 2. The number of hydrogen-bond donors (Lipinski definition) is 1. The van der Waals surface area contributed by atoms with Crippen molar-refractivity contribution in [3.8, 4) is 0 Å². The second kappa shape index (κ2) is 2.91. The first-order valence-corrected chi connectivity index (χ1v) is 5.16. The monoisotopic (exact) mass is 189 g/mol. The summed E-state index contributed by atoms with van der Waals surface area (Å²) in [7, 11) is 0. The number of nitrogens with two attached hydrogens (primary N) is 1. The first kappa shape index (κ1) is 9.38. The van der Waals surface area contributed by atoms with Gasteiger partial charge < -0.3 is 5.73 Å². The van der Waals surface area contributed by atoms with Gasteiger partial charge in [0, 0.05) is 18.4 Å². The molecule has 2 N–H and O–H groups in total. The zero-order valence-electron chi connectivity index (χ0n) is 7.86. The fourth-order valence-electron chi connectivity index (χ4n) is 2.91. The minimum absolute atomic E-state index is 0.0868. The Kier molecular flexibility index (Phi) is 2.10. The number of halogens is 2. The predicted octanol–water partition coefficient (Wildman–Crippen LogP) is 2.69. The summed E-state index contributed by atoms with van der Waals surface area (Å²) in [5.74, 6) is -1.84. The minimum atomic E-state index is -2.46. The molecule has 2 aliphatic rings. The molecule has 13 heavy (non-hydrogen) atoms. The van der Waals surface area contributed by atoms with Crippen molar-refractivity contribution in [1.82, 2.24) is 0 Å². The second-order valence-corrected chi connectivity index (χ2v) is 4.93. The third-order valence-corrected chi connectivity index (χ3v) is 3.39. The molecule has 2 rings (SSSR count). The molecule has 76 valence electrons. The molecular weight excluding hydrogens is 172 g/mol. The van der Waals surface area contributed by atoms with E-state index in [0.29, 0.717) is 5.92 Å². The third kappa shape index (κ3) is 2.01. The van der Waals surface area contributed by atoms with E-state index in [4.69, 9.17) is 5.73 Å². The van der Waals surface area contributed by atoms with Crippen LogP contribution in [-0.2, 0) is 0 Å². The van der Waals surface area contributed by atoms with Gasteiger partial charge >= 0.3 is 0 Å². The normalized spacial score (nSPS) is 31.6. The molecule has 0 radical (unpaired) electrons. The average Bonchev–Trinajstić information content (AvgIpc) is 2.33. The van der Waals surface area contributed by atoms with Gasteiger partial charge in [0.05, 0.1) is 0 Å². The molecule has 0 aliphatic heterocycles. The molecule has 0 bridgehead atoms. The SMILES string of the molecule is NC1(CC2CCCC2)CC(F)(F)C1. The van der Waals surface area contributed by atoms with E-state index in [0.717, 1.165) is 6.42 Å². The van der Waals surface area contributed by atoms with Crippen LogP contribution < -0.4 is 5.73 Å².